The number of urea groups is 1. The lowest BCUT2D eigenvalue weighted by molar-refractivity contribution is -0.140. The van der Waals surface area contributed by atoms with Gasteiger partial charge in [0.15, 0.2) is 11.5 Å². The van der Waals surface area contributed by atoms with Crippen LogP contribution in [0, 0.1) is 0 Å². The summed E-state index contributed by atoms with van der Waals surface area (Å²) in [5, 5.41) is 11.8. The van der Waals surface area contributed by atoms with Crippen LogP contribution >= 0.6 is 11.8 Å². The van der Waals surface area contributed by atoms with E-state index < -0.39 is 12.0 Å². The first-order chi connectivity index (χ1) is 10.1. The van der Waals surface area contributed by atoms with Gasteiger partial charge in [0.2, 0.25) is 6.79 Å². The molecule has 0 aliphatic carbocycles. The van der Waals surface area contributed by atoms with Crippen molar-refractivity contribution >= 4 is 23.8 Å². The number of thioether (sulfide) groups is 1. The molecule has 112 valence electrons. The molecule has 0 bridgehead atoms. The van der Waals surface area contributed by atoms with Gasteiger partial charge in [0, 0.05) is 12.3 Å². The Morgan fingerprint density at radius 1 is 1.38 bits per heavy atom. The first-order valence-corrected chi connectivity index (χ1v) is 7.54. The fraction of sp³-hybridized carbons (Fsp3) is 0.385. The third kappa shape index (κ3) is 2.85. The topological polar surface area (TPSA) is 88.1 Å². The molecule has 0 aromatic heterocycles. The van der Waals surface area contributed by atoms with Crippen LogP contribution in [0.25, 0.3) is 0 Å². The number of ether oxygens (including phenoxy) is 2. The van der Waals surface area contributed by atoms with E-state index in [4.69, 9.17) is 14.6 Å². The molecule has 1 fully saturated rings. The number of carbonyl (C=O) groups is 2. The Balaban J connectivity index is 1.60. The van der Waals surface area contributed by atoms with Crippen molar-refractivity contribution in [3.05, 3.63) is 23.8 Å². The molecule has 0 saturated carbocycles. The van der Waals surface area contributed by atoms with Crippen LogP contribution in [0.1, 0.15) is 5.56 Å². The number of carbonyl (C=O) groups excluding carboxylic acids is 1. The summed E-state index contributed by atoms with van der Waals surface area (Å²) in [6, 6.07) is 4.30. The monoisotopic (exact) mass is 310 g/mol. The molecule has 1 saturated heterocycles. The Bertz CT molecular complexity index is 580. The predicted octanol–water partition coefficient (Wildman–Crippen LogP) is 1.08. The summed E-state index contributed by atoms with van der Waals surface area (Å²) in [6.45, 7) is 0.513. The Morgan fingerprint density at radius 2 is 2.19 bits per heavy atom. The minimum Gasteiger partial charge on any atom is -0.480 e. The van der Waals surface area contributed by atoms with E-state index in [1.807, 2.05) is 6.07 Å². The standard InChI is InChI=1S/C13H14N2O5S/c16-12(17)9-5-21-6-15(9)13(18)14-4-8-1-2-10-11(3-8)20-7-19-10/h1-3,9H,4-7H2,(H,14,18)(H,16,17). The van der Waals surface area contributed by atoms with Gasteiger partial charge in [0.25, 0.3) is 0 Å². The van der Waals surface area contributed by atoms with Crippen molar-refractivity contribution in [2.24, 2.45) is 0 Å². The van der Waals surface area contributed by atoms with Crippen molar-refractivity contribution in [2.45, 2.75) is 12.6 Å². The minimum absolute atomic E-state index is 0.205. The molecular weight excluding hydrogens is 296 g/mol. The molecule has 1 atom stereocenters. The number of aliphatic carboxylic acids is 1. The maximum absolute atomic E-state index is 12.0. The highest BCUT2D eigenvalue weighted by Crippen LogP contribution is 2.32. The fourth-order valence-electron chi connectivity index (χ4n) is 2.18. The third-order valence-corrected chi connectivity index (χ3v) is 4.32. The van der Waals surface area contributed by atoms with Crippen LogP contribution in [-0.4, -0.2) is 46.5 Å². The van der Waals surface area contributed by atoms with Gasteiger partial charge in [-0.25, -0.2) is 9.59 Å². The quantitative estimate of drug-likeness (QED) is 0.869. The maximum atomic E-state index is 12.0. The Morgan fingerprint density at radius 3 is 3.00 bits per heavy atom. The Kier molecular flexibility index (Phi) is 3.78. The van der Waals surface area contributed by atoms with Crippen molar-refractivity contribution in [1.29, 1.82) is 0 Å². The zero-order chi connectivity index (χ0) is 14.8. The van der Waals surface area contributed by atoms with Gasteiger partial charge in [0.1, 0.15) is 6.04 Å². The lowest BCUT2D eigenvalue weighted by atomic mass is 10.2. The third-order valence-electron chi connectivity index (χ3n) is 3.31. The van der Waals surface area contributed by atoms with Crippen LogP contribution in [0.2, 0.25) is 0 Å². The number of benzene rings is 1. The molecule has 1 aromatic carbocycles. The van der Waals surface area contributed by atoms with Crippen LogP contribution in [0.4, 0.5) is 4.79 Å². The lowest BCUT2D eigenvalue weighted by Gasteiger charge is -2.20. The van der Waals surface area contributed by atoms with Gasteiger partial charge in [-0.05, 0) is 17.7 Å². The van der Waals surface area contributed by atoms with E-state index in [0.717, 1.165) is 5.56 Å². The minimum atomic E-state index is -0.974. The smallest absolute Gasteiger partial charge is 0.327 e. The van der Waals surface area contributed by atoms with Crippen LogP contribution in [0.5, 0.6) is 11.5 Å². The second-order valence-corrected chi connectivity index (χ2v) is 5.67. The van der Waals surface area contributed by atoms with Gasteiger partial charge >= 0.3 is 12.0 Å². The number of hydrogen-bond acceptors (Lipinski definition) is 5. The van der Waals surface area contributed by atoms with Crippen LogP contribution in [0.15, 0.2) is 18.2 Å². The van der Waals surface area contributed by atoms with Crippen molar-refractivity contribution < 1.29 is 24.2 Å². The molecule has 2 N–H and O–H groups in total. The summed E-state index contributed by atoms with van der Waals surface area (Å²) >= 11 is 1.43. The van der Waals surface area contributed by atoms with Crippen LogP contribution < -0.4 is 14.8 Å². The van der Waals surface area contributed by atoms with Gasteiger partial charge in [-0.3, -0.25) is 0 Å². The van der Waals surface area contributed by atoms with E-state index in [0.29, 0.717) is 29.7 Å². The number of nitrogens with one attached hydrogen (secondary N) is 1. The van der Waals surface area contributed by atoms with Gasteiger partial charge in [-0.15, -0.1) is 11.8 Å². The molecule has 1 aromatic rings. The van der Waals surface area contributed by atoms with Gasteiger partial charge in [-0.2, -0.15) is 0 Å². The summed E-state index contributed by atoms with van der Waals surface area (Å²) in [7, 11) is 0. The normalized spacial score (nSPS) is 19.6. The molecule has 1 unspecified atom stereocenters. The number of carboxylic acids is 1. The molecule has 2 aliphatic heterocycles. The molecule has 0 spiro atoms. The van der Waals surface area contributed by atoms with E-state index >= 15 is 0 Å². The van der Waals surface area contributed by atoms with E-state index in [1.165, 1.54) is 16.7 Å². The van der Waals surface area contributed by atoms with Crippen molar-refractivity contribution in [3.63, 3.8) is 0 Å². The molecule has 2 aliphatic rings. The number of nitrogens with zero attached hydrogens (tertiary/aromatic N) is 1. The van der Waals surface area contributed by atoms with Crippen molar-refractivity contribution in [1.82, 2.24) is 10.2 Å². The molecule has 7 nitrogen and oxygen atoms in total. The first kappa shape index (κ1) is 13.9. The number of hydrogen-bond donors (Lipinski definition) is 2. The van der Waals surface area contributed by atoms with Gasteiger partial charge in [-0.1, -0.05) is 6.07 Å². The van der Waals surface area contributed by atoms with E-state index in [-0.39, 0.29) is 12.8 Å². The zero-order valence-corrected chi connectivity index (χ0v) is 11.9. The molecule has 3 rings (SSSR count). The maximum Gasteiger partial charge on any atom is 0.327 e. The Labute approximate surface area is 125 Å². The highest BCUT2D eigenvalue weighted by atomic mass is 32.2. The highest BCUT2D eigenvalue weighted by Gasteiger charge is 2.34. The summed E-state index contributed by atoms with van der Waals surface area (Å²) in [5.41, 5.74) is 0.867. The van der Waals surface area contributed by atoms with Gasteiger partial charge < -0.3 is 24.8 Å². The average molecular weight is 310 g/mol. The summed E-state index contributed by atoms with van der Waals surface area (Å²) in [5.74, 6) is 1.18. The Hall–Kier alpha value is -2.09. The predicted molar refractivity (Wildman–Crippen MR) is 75.4 cm³/mol. The number of carboxylic acid groups (broad SMARTS) is 1. The second kappa shape index (κ2) is 5.72. The zero-order valence-electron chi connectivity index (χ0n) is 11.1. The van der Waals surface area contributed by atoms with Crippen molar-refractivity contribution in [3.8, 4) is 11.5 Å². The number of amides is 2. The first-order valence-electron chi connectivity index (χ1n) is 6.38. The number of fused-ring (bicyclic) bond motifs is 1. The highest BCUT2D eigenvalue weighted by molar-refractivity contribution is 7.99. The van der Waals surface area contributed by atoms with E-state index in [9.17, 15) is 9.59 Å². The molecule has 0 radical (unpaired) electrons. The lowest BCUT2D eigenvalue weighted by Crippen LogP contribution is -2.46. The summed E-state index contributed by atoms with van der Waals surface area (Å²) in [4.78, 5) is 24.4. The average Bonchev–Trinajstić information content (AvgIpc) is 3.12. The second-order valence-electron chi connectivity index (χ2n) is 4.67. The van der Waals surface area contributed by atoms with E-state index in [2.05, 4.69) is 5.32 Å². The summed E-state index contributed by atoms with van der Waals surface area (Å²) < 4.78 is 10.5. The number of rotatable bonds is 3. The van der Waals surface area contributed by atoms with Crippen LogP contribution in [-0.2, 0) is 11.3 Å². The fourth-order valence-corrected chi connectivity index (χ4v) is 3.32. The summed E-state index contributed by atoms with van der Waals surface area (Å²) in [6.07, 6.45) is 0. The van der Waals surface area contributed by atoms with Gasteiger partial charge in [0.05, 0.1) is 5.88 Å². The van der Waals surface area contributed by atoms with Crippen LogP contribution in [0.3, 0.4) is 0 Å². The SMILES string of the molecule is O=C(O)C1CSCN1C(=O)NCc1ccc2c(c1)OCO2. The molecular formula is C13H14N2O5S. The van der Waals surface area contributed by atoms with Crippen molar-refractivity contribution in [2.75, 3.05) is 18.4 Å². The van der Waals surface area contributed by atoms with E-state index in [1.54, 1.807) is 12.1 Å². The molecule has 21 heavy (non-hydrogen) atoms. The molecule has 2 amide bonds. The largest absolute Gasteiger partial charge is 0.480 e. The molecule has 2 heterocycles. The molecule has 8 heteroatoms.